The number of amides is 2. The van der Waals surface area contributed by atoms with E-state index in [0.717, 1.165) is 0 Å². The number of carbonyl (C=O) groups is 2. The maximum atomic E-state index is 12.5. The van der Waals surface area contributed by atoms with Gasteiger partial charge >= 0.3 is 0 Å². The minimum atomic E-state index is -0.246. The van der Waals surface area contributed by atoms with Crippen molar-refractivity contribution in [2.45, 2.75) is 26.2 Å². The Labute approximate surface area is 185 Å². The summed E-state index contributed by atoms with van der Waals surface area (Å²) in [6.45, 7) is 6.41. The van der Waals surface area contributed by atoms with E-state index < -0.39 is 0 Å². The minimum Gasteiger partial charge on any atom is -0.332 e. The molecule has 0 radical (unpaired) electrons. The molecule has 1 aromatic heterocycles. The number of carbonyl (C=O) groups excluding carboxylic acids is 2. The van der Waals surface area contributed by atoms with Gasteiger partial charge in [-0.25, -0.2) is 0 Å². The second kappa shape index (κ2) is 9.19. The molecule has 0 spiro atoms. The topological polar surface area (TPSA) is 70.2 Å². The molecule has 0 aliphatic rings. The van der Waals surface area contributed by atoms with Crippen molar-refractivity contribution >= 4 is 51.9 Å². The lowest BCUT2D eigenvalue weighted by Gasteiger charge is -2.19. The molecule has 3 N–H and O–H groups in total. The Morgan fingerprint density at radius 3 is 1.97 bits per heavy atom. The summed E-state index contributed by atoms with van der Waals surface area (Å²) in [5.41, 5.74) is 3.19. The summed E-state index contributed by atoms with van der Waals surface area (Å²) >= 11 is 6.53. The van der Waals surface area contributed by atoms with Gasteiger partial charge in [0.25, 0.3) is 11.8 Å². The van der Waals surface area contributed by atoms with Crippen LogP contribution in [-0.2, 0) is 5.41 Å². The van der Waals surface area contributed by atoms with Gasteiger partial charge in [-0.05, 0) is 71.0 Å². The maximum absolute atomic E-state index is 12.5. The van der Waals surface area contributed by atoms with E-state index in [2.05, 4.69) is 36.7 Å². The molecule has 1 heterocycles. The SMILES string of the molecule is CC(C)(C)c1ccc(C(=O)Nc2ccc(NC(=S)NC(=O)c3cccs3)cc2)cc1. The number of benzene rings is 2. The highest BCUT2D eigenvalue weighted by Crippen LogP contribution is 2.22. The van der Waals surface area contributed by atoms with Gasteiger partial charge in [-0.3, -0.25) is 14.9 Å². The smallest absolute Gasteiger partial charge is 0.267 e. The molecule has 154 valence electrons. The summed E-state index contributed by atoms with van der Waals surface area (Å²) < 4.78 is 0. The Kier molecular flexibility index (Phi) is 6.64. The average Bonchev–Trinajstić information content (AvgIpc) is 3.24. The van der Waals surface area contributed by atoms with Crippen LogP contribution in [0.2, 0.25) is 0 Å². The average molecular weight is 438 g/mol. The molecule has 30 heavy (non-hydrogen) atoms. The number of hydrogen-bond donors (Lipinski definition) is 3. The van der Waals surface area contributed by atoms with Gasteiger partial charge in [0.2, 0.25) is 0 Å². The summed E-state index contributed by atoms with van der Waals surface area (Å²) in [6.07, 6.45) is 0. The van der Waals surface area contributed by atoms with Crippen molar-refractivity contribution in [2.75, 3.05) is 10.6 Å². The van der Waals surface area contributed by atoms with Crippen LogP contribution >= 0.6 is 23.6 Å². The van der Waals surface area contributed by atoms with Crippen molar-refractivity contribution in [3.05, 3.63) is 82.0 Å². The molecule has 3 rings (SSSR count). The molecule has 2 aromatic carbocycles. The van der Waals surface area contributed by atoms with Crippen LogP contribution in [-0.4, -0.2) is 16.9 Å². The van der Waals surface area contributed by atoms with Crippen LogP contribution in [0.4, 0.5) is 11.4 Å². The first-order chi connectivity index (χ1) is 14.2. The van der Waals surface area contributed by atoms with E-state index in [-0.39, 0.29) is 22.3 Å². The van der Waals surface area contributed by atoms with Gasteiger partial charge in [-0.1, -0.05) is 39.0 Å². The van der Waals surface area contributed by atoms with Crippen LogP contribution in [0, 0.1) is 0 Å². The van der Waals surface area contributed by atoms with Gasteiger partial charge in [0.15, 0.2) is 5.11 Å². The fourth-order valence-corrected chi connectivity index (χ4v) is 3.53. The second-order valence-corrected chi connectivity index (χ2v) is 9.10. The number of nitrogens with one attached hydrogen (secondary N) is 3. The van der Waals surface area contributed by atoms with Gasteiger partial charge in [-0.2, -0.15) is 0 Å². The minimum absolute atomic E-state index is 0.0433. The Hall–Kier alpha value is -3.03. The molecule has 5 nitrogen and oxygen atoms in total. The third-order valence-corrected chi connectivity index (χ3v) is 5.46. The van der Waals surface area contributed by atoms with Crippen molar-refractivity contribution in [2.24, 2.45) is 0 Å². The first-order valence-electron chi connectivity index (χ1n) is 9.40. The summed E-state index contributed by atoms with van der Waals surface area (Å²) in [5.74, 6) is -0.418. The van der Waals surface area contributed by atoms with E-state index in [1.165, 1.54) is 16.9 Å². The predicted molar refractivity (Wildman–Crippen MR) is 128 cm³/mol. The van der Waals surface area contributed by atoms with E-state index >= 15 is 0 Å². The molecular formula is C23H23N3O2S2. The van der Waals surface area contributed by atoms with Gasteiger partial charge in [0, 0.05) is 16.9 Å². The number of hydrogen-bond acceptors (Lipinski definition) is 4. The largest absolute Gasteiger partial charge is 0.332 e. The van der Waals surface area contributed by atoms with Crippen LogP contribution in [0.5, 0.6) is 0 Å². The zero-order valence-corrected chi connectivity index (χ0v) is 18.6. The molecule has 0 bridgehead atoms. The highest BCUT2D eigenvalue weighted by Gasteiger charge is 2.14. The monoisotopic (exact) mass is 437 g/mol. The van der Waals surface area contributed by atoms with Crippen LogP contribution < -0.4 is 16.0 Å². The van der Waals surface area contributed by atoms with Gasteiger partial charge < -0.3 is 10.6 Å². The molecule has 0 fully saturated rings. The molecule has 0 aliphatic carbocycles. The summed E-state index contributed by atoms with van der Waals surface area (Å²) in [4.78, 5) is 25.1. The van der Waals surface area contributed by atoms with E-state index in [9.17, 15) is 9.59 Å². The lowest BCUT2D eigenvalue weighted by Crippen LogP contribution is -2.33. The van der Waals surface area contributed by atoms with Crippen molar-refractivity contribution in [1.82, 2.24) is 5.32 Å². The predicted octanol–water partition coefficient (Wildman–Crippen LogP) is 5.42. The van der Waals surface area contributed by atoms with Crippen molar-refractivity contribution in [3.8, 4) is 0 Å². The Morgan fingerprint density at radius 2 is 1.43 bits per heavy atom. The highest BCUT2D eigenvalue weighted by molar-refractivity contribution is 7.80. The molecule has 3 aromatic rings. The molecule has 0 saturated carbocycles. The molecule has 2 amide bonds. The van der Waals surface area contributed by atoms with Crippen LogP contribution in [0.1, 0.15) is 46.4 Å². The van der Waals surface area contributed by atoms with Gasteiger partial charge in [0.1, 0.15) is 0 Å². The molecule has 0 atom stereocenters. The Morgan fingerprint density at radius 1 is 0.833 bits per heavy atom. The first kappa shape index (κ1) is 21.7. The van der Waals surface area contributed by atoms with E-state index in [1.54, 1.807) is 30.3 Å². The first-order valence-corrected chi connectivity index (χ1v) is 10.7. The summed E-state index contributed by atoms with van der Waals surface area (Å²) in [7, 11) is 0. The fraction of sp³-hybridized carbons (Fsp3) is 0.174. The van der Waals surface area contributed by atoms with Crippen LogP contribution in [0.3, 0.4) is 0 Å². The zero-order valence-electron chi connectivity index (χ0n) is 17.0. The van der Waals surface area contributed by atoms with Gasteiger partial charge in [-0.15, -0.1) is 11.3 Å². The molecular weight excluding hydrogens is 414 g/mol. The lowest BCUT2D eigenvalue weighted by molar-refractivity contribution is 0.0980. The quantitative estimate of drug-likeness (QED) is 0.476. The third kappa shape index (κ3) is 5.75. The Bertz CT molecular complexity index is 1040. The number of thiophene rings is 1. The third-order valence-electron chi connectivity index (χ3n) is 4.39. The number of rotatable bonds is 4. The van der Waals surface area contributed by atoms with Crippen molar-refractivity contribution in [1.29, 1.82) is 0 Å². The van der Waals surface area contributed by atoms with Crippen molar-refractivity contribution < 1.29 is 9.59 Å². The van der Waals surface area contributed by atoms with Crippen molar-refractivity contribution in [3.63, 3.8) is 0 Å². The fourth-order valence-electron chi connectivity index (χ4n) is 2.70. The van der Waals surface area contributed by atoms with Crippen LogP contribution in [0.25, 0.3) is 0 Å². The summed E-state index contributed by atoms with van der Waals surface area (Å²) in [5, 5.41) is 10.5. The van der Waals surface area contributed by atoms with E-state index in [1.807, 2.05) is 35.7 Å². The highest BCUT2D eigenvalue weighted by atomic mass is 32.1. The second-order valence-electron chi connectivity index (χ2n) is 7.74. The number of thiocarbonyl (C=S) groups is 1. The maximum Gasteiger partial charge on any atom is 0.267 e. The zero-order chi connectivity index (χ0) is 21.7. The van der Waals surface area contributed by atoms with Gasteiger partial charge in [0.05, 0.1) is 4.88 Å². The number of anilines is 2. The normalized spacial score (nSPS) is 10.9. The van der Waals surface area contributed by atoms with E-state index in [4.69, 9.17) is 12.2 Å². The standard InChI is InChI=1S/C23H23N3O2S2/c1-23(2,3)16-8-6-15(7-9-16)20(27)24-17-10-12-18(13-11-17)25-22(29)26-21(28)19-5-4-14-30-19/h4-14H,1-3H3,(H,24,27)(H2,25,26,28,29). The molecule has 0 saturated heterocycles. The molecule has 0 unspecified atom stereocenters. The van der Waals surface area contributed by atoms with E-state index in [0.29, 0.717) is 21.8 Å². The van der Waals surface area contributed by atoms with Crippen LogP contribution in [0.15, 0.2) is 66.0 Å². The molecule has 0 aliphatic heterocycles. The molecule has 7 heteroatoms. The lowest BCUT2D eigenvalue weighted by atomic mass is 9.87. The summed E-state index contributed by atoms with van der Waals surface area (Å²) in [6, 6.07) is 18.3. The Balaban J connectivity index is 1.55.